The summed E-state index contributed by atoms with van der Waals surface area (Å²) in [4.78, 5) is 16.8. The van der Waals surface area contributed by atoms with Crippen molar-refractivity contribution >= 4 is 11.6 Å². The molecule has 8 heteroatoms. The Morgan fingerprint density at radius 3 is 2.84 bits per heavy atom. The van der Waals surface area contributed by atoms with Crippen LogP contribution in [0.2, 0.25) is 0 Å². The van der Waals surface area contributed by atoms with Crippen molar-refractivity contribution in [3.63, 3.8) is 0 Å². The molecule has 0 spiro atoms. The van der Waals surface area contributed by atoms with Crippen LogP contribution >= 0.6 is 0 Å². The molecule has 0 saturated carbocycles. The van der Waals surface area contributed by atoms with E-state index in [9.17, 15) is 4.79 Å². The summed E-state index contributed by atoms with van der Waals surface area (Å²) < 4.78 is 1.68. The maximum absolute atomic E-state index is 12.5. The molecule has 1 aromatic heterocycles. The second kappa shape index (κ2) is 11.8. The first kappa shape index (κ1) is 24.9. The van der Waals surface area contributed by atoms with Crippen LogP contribution < -0.4 is 67.4 Å². The molecular formula is C23H22KN6O-. The molecule has 0 aliphatic carbocycles. The molecule has 3 aromatic rings. The van der Waals surface area contributed by atoms with E-state index in [1.807, 2.05) is 51.4 Å². The van der Waals surface area contributed by atoms with Crippen LogP contribution in [0.15, 0.2) is 66.1 Å². The fourth-order valence-electron chi connectivity index (χ4n) is 2.85. The number of benzene rings is 2. The van der Waals surface area contributed by atoms with Crippen LogP contribution in [0.3, 0.4) is 0 Å². The zero-order valence-corrected chi connectivity index (χ0v) is 21.2. The second-order valence-corrected chi connectivity index (χ2v) is 6.86. The van der Waals surface area contributed by atoms with Crippen molar-refractivity contribution in [3.05, 3.63) is 94.9 Å². The number of carbonyl (C=O) groups is 1. The van der Waals surface area contributed by atoms with Gasteiger partial charge in [-0.05, 0) is 55.3 Å². The minimum atomic E-state index is -0.220. The van der Waals surface area contributed by atoms with Crippen LogP contribution in [-0.2, 0) is 7.05 Å². The number of hydrogen-bond acceptors (Lipinski definition) is 5. The van der Waals surface area contributed by atoms with Gasteiger partial charge in [0.05, 0.1) is 11.6 Å². The van der Waals surface area contributed by atoms with Crippen LogP contribution in [0.25, 0.3) is 0 Å². The van der Waals surface area contributed by atoms with Gasteiger partial charge in [-0.1, -0.05) is 29.9 Å². The number of anilines is 1. The van der Waals surface area contributed by atoms with Gasteiger partial charge in [-0.25, -0.2) is 0 Å². The van der Waals surface area contributed by atoms with Gasteiger partial charge in [-0.3, -0.25) is 9.89 Å². The third-order valence-corrected chi connectivity index (χ3v) is 4.52. The van der Waals surface area contributed by atoms with Crippen LogP contribution in [0.4, 0.5) is 5.69 Å². The topological polar surface area (TPSA) is 95.1 Å². The Bertz CT molecular complexity index is 1190. The molecular weight excluding hydrogens is 415 g/mol. The number of aryl methyl sites for hydroxylation is 2. The minimum absolute atomic E-state index is 0. The summed E-state index contributed by atoms with van der Waals surface area (Å²) in [5, 5.41) is 19.9. The summed E-state index contributed by atoms with van der Waals surface area (Å²) in [7, 11) is 1.83. The molecule has 1 unspecified atom stereocenters. The van der Waals surface area contributed by atoms with Crippen molar-refractivity contribution in [1.82, 2.24) is 15.1 Å². The zero-order chi connectivity index (χ0) is 21.5. The average Bonchev–Trinajstić information content (AvgIpc) is 3.16. The molecule has 1 heterocycles. The second-order valence-electron chi connectivity index (χ2n) is 6.86. The van der Waals surface area contributed by atoms with Gasteiger partial charge in [0.25, 0.3) is 5.91 Å². The molecule has 0 bridgehead atoms. The van der Waals surface area contributed by atoms with E-state index in [0.29, 0.717) is 16.8 Å². The predicted octanol–water partition coefficient (Wildman–Crippen LogP) is 0.101. The Kier molecular flexibility index (Phi) is 9.49. The van der Waals surface area contributed by atoms with E-state index in [1.54, 1.807) is 35.3 Å². The molecule has 152 valence electrons. The Hall–Kier alpha value is -2.41. The number of carbonyl (C=O) groups excluding carboxylic acids is 1. The van der Waals surface area contributed by atoms with Gasteiger partial charge >= 0.3 is 51.4 Å². The summed E-state index contributed by atoms with van der Waals surface area (Å²) in [6, 6.07) is 14.7. The Balaban J connectivity index is 0.00000341. The van der Waals surface area contributed by atoms with E-state index in [1.165, 1.54) is 0 Å². The van der Waals surface area contributed by atoms with E-state index in [-0.39, 0.29) is 63.3 Å². The van der Waals surface area contributed by atoms with Crippen molar-refractivity contribution in [1.29, 1.82) is 5.26 Å². The molecule has 1 atom stereocenters. The number of nitrogens with one attached hydrogen (secondary N) is 2. The third kappa shape index (κ3) is 7.06. The summed E-state index contributed by atoms with van der Waals surface area (Å²) in [6.45, 7) is 3.81. The van der Waals surface area contributed by atoms with E-state index in [0.717, 1.165) is 16.5 Å². The Morgan fingerprint density at radius 1 is 1.35 bits per heavy atom. The standard InChI is InChI=1S/C23H22N6O.K/c1-16-11-19(7-8-20(16)13-24)23(30)28-21-6-4-5-18(12-21)17(2)25-9-10-26-22-14-27-29(3)15-22;/h4-8,10-12,14-15,17,25H,1-3H3,(H,28,30);/q-2;+1. The summed E-state index contributed by atoms with van der Waals surface area (Å²) in [5.41, 5.74) is 3.53. The average molecular weight is 438 g/mol. The third-order valence-electron chi connectivity index (χ3n) is 4.52. The van der Waals surface area contributed by atoms with E-state index < -0.39 is 0 Å². The van der Waals surface area contributed by atoms with Crippen LogP contribution in [0.1, 0.15) is 40.0 Å². The van der Waals surface area contributed by atoms with Gasteiger partial charge in [0, 0.05) is 24.3 Å². The minimum Gasteiger partial charge on any atom is -0.560 e. The monoisotopic (exact) mass is 437 g/mol. The van der Waals surface area contributed by atoms with Crippen molar-refractivity contribution in [2.24, 2.45) is 12.0 Å². The fraction of sp³-hybridized carbons (Fsp3) is 0.174. The molecule has 0 fully saturated rings. The largest absolute Gasteiger partial charge is 1.00 e. The van der Waals surface area contributed by atoms with Gasteiger partial charge in [0.1, 0.15) is 0 Å². The van der Waals surface area contributed by atoms with E-state index in [4.69, 9.17) is 5.26 Å². The van der Waals surface area contributed by atoms with Crippen molar-refractivity contribution < 1.29 is 56.2 Å². The number of aromatic nitrogens is 2. The first-order valence-electron chi connectivity index (χ1n) is 9.40. The van der Waals surface area contributed by atoms with Crippen molar-refractivity contribution in [3.8, 4) is 6.07 Å². The molecule has 31 heavy (non-hydrogen) atoms. The van der Waals surface area contributed by atoms with E-state index in [2.05, 4.69) is 33.0 Å². The molecule has 2 N–H and O–H groups in total. The number of amides is 1. The SMILES string of the molecule is Cc1cc(C(=O)Nc2cccc(C(C)N[C-]=CN=c3cnn(C)[cH-]3)c2)ccc1C#N.[K+]. The zero-order valence-electron chi connectivity index (χ0n) is 18.0. The molecule has 0 saturated heterocycles. The number of rotatable bonds is 6. The maximum atomic E-state index is 12.5. The first-order valence-corrected chi connectivity index (χ1v) is 9.40. The van der Waals surface area contributed by atoms with Gasteiger partial charge in [-0.2, -0.15) is 5.26 Å². The van der Waals surface area contributed by atoms with Crippen LogP contribution in [-0.4, -0.2) is 15.7 Å². The summed E-state index contributed by atoms with van der Waals surface area (Å²) in [5.74, 6) is -0.220. The van der Waals surface area contributed by atoms with Crippen molar-refractivity contribution in [2.75, 3.05) is 5.32 Å². The maximum Gasteiger partial charge on any atom is 1.00 e. The Morgan fingerprint density at radius 2 is 2.16 bits per heavy atom. The number of nitrogens with zero attached hydrogens (tertiary/aromatic N) is 4. The molecule has 1 amide bonds. The first-order chi connectivity index (χ1) is 14.5. The summed E-state index contributed by atoms with van der Waals surface area (Å²) >= 11 is 0. The molecule has 0 aliphatic heterocycles. The van der Waals surface area contributed by atoms with E-state index >= 15 is 0 Å². The van der Waals surface area contributed by atoms with Crippen LogP contribution in [0.5, 0.6) is 0 Å². The molecule has 2 aromatic carbocycles. The van der Waals surface area contributed by atoms with Gasteiger partial charge in [-0.15, -0.1) is 6.20 Å². The predicted molar refractivity (Wildman–Crippen MR) is 114 cm³/mol. The van der Waals surface area contributed by atoms with Crippen molar-refractivity contribution in [2.45, 2.75) is 19.9 Å². The van der Waals surface area contributed by atoms with Crippen LogP contribution in [0, 0.1) is 24.5 Å². The smallest absolute Gasteiger partial charge is 0.560 e. The van der Waals surface area contributed by atoms with Gasteiger partial charge < -0.3 is 26.5 Å². The van der Waals surface area contributed by atoms with Gasteiger partial charge in [0.15, 0.2) is 0 Å². The number of hydrogen-bond donors (Lipinski definition) is 2. The molecule has 0 aliphatic rings. The van der Waals surface area contributed by atoms with Gasteiger partial charge in [0.2, 0.25) is 0 Å². The molecule has 7 nitrogen and oxygen atoms in total. The molecule has 0 radical (unpaired) electrons. The quantitative estimate of drug-likeness (QED) is 0.325. The Labute approximate surface area is 224 Å². The number of nitriles is 1. The fourth-order valence-corrected chi connectivity index (χ4v) is 2.85. The normalized spacial score (nSPS) is 12.1. The molecule has 3 rings (SSSR count). The summed E-state index contributed by atoms with van der Waals surface area (Å²) in [6.07, 6.45) is 7.99.